The molecule has 2 amide bonds. The van der Waals surface area contributed by atoms with Crippen molar-refractivity contribution in [3.63, 3.8) is 0 Å². The van der Waals surface area contributed by atoms with Gasteiger partial charge in [0.05, 0.1) is 5.56 Å². The van der Waals surface area contributed by atoms with Gasteiger partial charge in [-0.1, -0.05) is 36.8 Å². The quantitative estimate of drug-likeness (QED) is 0.433. The lowest BCUT2D eigenvalue weighted by molar-refractivity contribution is 0.247. The number of anilines is 2. The molecule has 1 aromatic heterocycles. The lowest BCUT2D eigenvalue weighted by Gasteiger charge is -2.21. The van der Waals surface area contributed by atoms with Gasteiger partial charge in [0, 0.05) is 29.9 Å². The Morgan fingerprint density at radius 2 is 2.00 bits per heavy atom. The van der Waals surface area contributed by atoms with Gasteiger partial charge < -0.3 is 16.8 Å². The first kappa shape index (κ1) is 16.8. The molecule has 0 bridgehead atoms. The van der Waals surface area contributed by atoms with Crippen LogP contribution in [0.25, 0.3) is 0 Å². The Kier molecular flexibility index (Phi) is 4.83. The number of pyridine rings is 1. The highest BCUT2D eigenvalue weighted by Gasteiger charge is 2.29. The molecular formula is C18H22N6O. The van der Waals surface area contributed by atoms with Crippen LogP contribution in [0.4, 0.5) is 16.3 Å². The third-order valence-electron chi connectivity index (χ3n) is 4.53. The van der Waals surface area contributed by atoms with Crippen molar-refractivity contribution < 1.29 is 4.79 Å². The van der Waals surface area contributed by atoms with Crippen LogP contribution in [0.15, 0.2) is 42.6 Å². The van der Waals surface area contributed by atoms with Crippen molar-refractivity contribution in [1.82, 2.24) is 10.3 Å². The number of aromatic nitrogens is 1. The van der Waals surface area contributed by atoms with Crippen LogP contribution >= 0.6 is 0 Å². The molecule has 1 aromatic carbocycles. The van der Waals surface area contributed by atoms with Crippen molar-refractivity contribution in [3.05, 3.63) is 53.7 Å². The van der Waals surface area contributed by atoms with E-state index in [1.165, 1.54) is 17.8 Å². The summed E-state index contributed by atoms with van der Waals surface area (Å²) in [5.41, 5.74) is 13.1. The largest absolute Gasteiger partial charge is 0.398 e. The summed E-state index contributed by atoms with van der Waals surface area (Å²) in [6.07, 6.45) is 4.48. The van der Waals surface area contributed by atoms with Gasteiger partial charge in [-0.2, -0.15) is 0 Å². The third kappa shape index (κ3) is 3.88. The summed E-state index contributed by atoms with van der Waals surface area (Å²) in [6, 6.07) is 11.5. The minimum Gasteiger partial charge on any atom is -0.398 e. The number of nitrogens with zero attached hydrogens (tertiary/aromatic N) is 1. The van der Waals surface area contributed by atoms with Crippen LogP contribution in [-0.4, -0.2) is 22.9 Å². The van der Waals surface area contributed by atoms with Crippen LogP contribution in [0.3, 0.4) is 0 Å². The molecule has 1 aliphatic carbocycles. The van der Waals surface area contributed by atoms with Crippen LogP contribution in [0, 0.1) is 5.41 Å². The Morgan fingerprint density at radius 1 is 1.24 bits per heavy atom. The average Bonchev–Trinajstić information content (AvgIpc) is 3.03. The number of nitrogens with two attached hydrogens (primary N) is 2. The zero-order chi connectivity index (χ0) is 17.8. The van der Waals surface area contributed by atoms with E-state index in [1.807, 2.05) is 18.2 Å². The average molecular weight is 338 g/mol. The predicted octanol–water partition coefficient (Wildman–Crippen LogP) is 2.41. The number of carbonyl (C=O) groups is 1. The van der Waals surface area contributed by atoms with Crippen LogP contribution in [0.2, 0.25) is 0 Å². The Balaban J connectivity index is 1.64. The second-order valence-corrected chi connectivity index (χ2v) is 6.22. The van der Waals surface area contributed by atoms with Gasteiger partial charge in [-0.15, -0.1) is 0 Å². The predicted molar refractivity (Wildman–Crippen MR) is 98.6 cm³/mol. The van der Waals surface area contributed by atoms with Gasteiger partial charge in [0.2, 0.25) is 0 Å². The van der Waals surface area contributed by atoms with Gasteiger partial charge in [-0.25, -0.2) is 9.78 Å². The maximum atomic E-state index is 12.3. The number of benzene rings is 1. The zero-order valence-corrected chi connectivity index (χ0v) is 13.8. The van der Waals surface area contributed by atoms with Gasteiger partial charge in [0.1, 0.15) is 11.7 Å². The molecule has 1 saturated carbocycles. The van der Waals surface area contributed by atoms with E-state index in [9.17, 15) is 4.79 Å². The SMILES string of the molecule is N=C(N)c1cnc(NC(=O)NC2CCCC2c2ccccc2)cc1N. The highest BCUT2D eigenvalue weighted by atomic mass is 16.2. The molecule has 7 heteroatoms. The fourth-order valence-corrected chi connectivity index (χ4v) is 3.32. The number of urea groups is 1. The van der Waals surface area contributed by atoms with Crippen molar-refractivity contribution in [2.75, 3.05) is 11.1 Å². The molecule has 7 nitrogen and oxygen atoms in total. The molecule has 2 atom stereocenters. The Morgan fingerprint density at radius 3 is 2.68 bits per heavy atom. The van der Waals surface area contributed by atoms with E-state index in [0.717, 1.165) is 19.3 Å². The van der Waals surface area contributed by atoms with E-state index in [1.54, 1.807) is 0 Å². The maximum Gasteiger partial charge on any atom is 0.320 e. The lowest BCUT2D eigenvalue weighted by atomic mass is 9.94. The van der Waals surface area contributed by atoms with Crippen molar-refractivity contribution in [1.29, 1.82) is 5.41 Å². The molecule has 0 saturated heterocycles. The first-order chi connectivity index (χ1) is 12.0. The van der Waals surface area contributed by atoms with E-state index in [2.05, 4.69) is 27.8 Å². The first-order valence-corrected chi connectivity index (χ1v) is 8.27. The van der Waals surface area contributed by atoms with Gasteiger partial charge in [-0.3, -0.25) is 10.7 Å². The zero-order valence-electron chi connectivity index (χ0n) is 13.8. The monoisotopic (exact) mass is 338 g/mol. The van der Waals surface area contributed by atoms with Gasteiger partial charge in [-0.05, 0) is 18.4 Å². The summed E-state index contributed by atoms with van der Waals surface area (Å²) < 4.78 is 0. The highest BCUT2D eigenvalue weighted by molar-refractivity contribution is 6.00. The number of nitrogen functional groups attached to an aromatic ring is 2. The first-order valence-electron chi connectivity index (χ1n) is 8.27. The molecule has 25 heavy (non-hydrogen) atoms. The molecule has 130 valence electrons. The number of amidine groups is 1. The number of rotatable bonds is 4. The van der Waals surface area contributed by atoms with Crippen LogP contribution < -0.4 is 22.1 Å². The molecular weight excluding hydrogens is 316 g/mol. The summed E-state index contributed by atoms with van der Waals surface area (Å²) in [4.78, 5) is 16.4. The molecule has 2 unspecified atom stereocenters. The number of hydrogen-bond donors (Lipinski definition) is 5. The fraction of sp³-hybridized carbons (Fsp3) is 0.278. The highest BCUT2D eigenvalue weighted by Crippen LogP contribution is 2.34. The van der Waals surface area contributed by atoms with Gasteiger partial charge in [0.25, 0.3) is 0 Å². The summed E-state index contributed by atoms with van der Waals surface area (Å²) in [6.45, 7) is 0. The summed E-state index contributed by atoms with van der Waals surface area (Å²) >= 11 is 0. The molecule has 0 radical (unpaired) electrons. The van der Waals surface area contributed by atoms with Gasteiger partial charge >= 0.3 is 6.03 Å². The minimum absolute atomic E-state index is 0.0937. The second-order valence-electron chi connectivity index (χ2n) is 6.22. The lowest BCUT2D eigenvalue weighted by Crippen LogP contribution is -2.39. The number of carbonyl (C=O) groups excluding carboxylic acids is 1. The molecule has 3 rings (SSSR count). The van der Waals surface area contributed by atoms with Crippen molar-refractivity contribution in [3.8, 4) is 0 Å². The summed E-state index contributed by atoms with van der Waals surface area (Å²) in [5.74, 6) is 0.497. The smallest absolute Gasteiger partial charge is 0.320 e. The molecule has 2 aromatic rings. The van der Waals surface area contributed by atoms with Crippen molar-refractivity contribution in [2.24, 2.45) is 5.73 Å². The molecule has 7 N–H and O–H groups in total. The molecule has 0 aliphatic heterocycles. The molecule has 0 spiro atoms. The number of amides is 2. The number of nitrogens with one attached hydrogen (secondary N) is 3. The van der Waals surface area contributed by atoms with Crippen molar-refractivity contribution >= 4 is 23.4 Å². The normalized spacial score (nSPS) is 19.4. The standard InChI is InChI=1S/C18H22N6O/c19-14-9-16(22-10-13(14)17(20)21)24-18(25)23-15-8-4-7-12(15)11-5-2-1-3-6-11/h1-3,5-6,9-10,12,15H,4,7-8H2,(H3,20,21)(H4,19,22,23,24,25). The minimum atomic E-state index is -0.310. The molecule has 1 aliphatic rings. The van der Waals surface area contributed by atoms with Crippen LogP contribution in [0.5, 0.6) is 0 Å². The van der Waals surface area contributed by atoms with Crippen LogP contribution in [-0.2, 0) is 0 Å². The molecule has 1 heterocycles. The summed E-state index contributed by atoms with van der Waals surface area (Å²) in [7, 11) is 0. The van der Waals surface area contributed by atoms with E-state index in [4.69, 9.17) is 16.9 Å². The van der Waals surface area contributed by atoms with E-state index in [-0.39, 0.29) is 17.9 Å². The summed E-state index contributed by atoms with van der Waals surface area (Å²) in [5, 5.41) is 13.1. The maximum absolute atomic E-state index is 12.3. The van der Waals surface area contributed by atoms with Crippen LogP contribution in [0.1, 0.15) is 36.3 Å². The molecule has 1 fully saturated rings. The van der Waals surface area contributed by atoms with E-state index >= 15 is 0 Å². The van der Waals surface area contributed by atoms with Crippen molar-refractivity contribution in [2.45, 2.75) is 31.2 Å². The van der Waals surface area contributed by atoms with E-state index < -0.39 is 0 Å². The second kappa shape index (κ2) is 7.21. The van der Waals surface area contributed by atoms with E-state index in [0.29, 0.717) is 23.0 Å². The Hall–Kier alpha value is -3.09. The number of hydrogen-bond acceptors (Lipinski definition) is 4. The van der Waals surface area contributed by atoms with Gasteiger partial charge in [0.15, 0.2) is 0 Å². The topological polar surface area (TPSA) is 130 Å². The Labute approximate surface area is 146 Å². The third-order valence-corrected chi connectivity index (χ3v) is 4.53. The Bertz CT molecular complexity index is 776. The fourth-order valence-electron chi connectivity index (χ4n) is 3.32.